The fourth-order valence-corrected chi connectivity index (χ4v) is 2.57. The van der Waals surface area contributed by atoms with Crippen LogP contribution in [0.25, 0.3) is 0 Å². The molecule has 0 aliphatic carbocycles. The van der Waals surface area contributed by atoms with Gasteiger partial charge in [-0.3, -0.25) is 14.4 Å². The molecule has 1 atom stereocenters. The summed E-state index contributed by atoms with van der Waals surface area (Å²) in [4.78, 5) is 28.6. The predicted molar refractivity (Wildman–Crippen MR) is 77.0 cm³/mol. The Morgan fingerprint density at radius 2 is 1.86 bits per heavy atom. The number of hydrogen-bond donors (Lipinski definition) is 0. The van der Waals surface area contributed by atoms with Gasteiger partial charge in [-0.05, 0) is 16.7 Å². The van der Waals surface area contributed by atoms with E-state index in [4.69, 9.17) is 4.84 Å². The zero-order valence-electron chi connectivity index (χ0n) is 11.4. The highest BCUT2D eigenvalue weighted by atomic mass is 16.7. The Bertz CT molecular complexity index is 654. The van der Waals surface area contributed by atoms with E-state index in [9.17, 15) is 9.59 Å². The van der Waals surface area contributed by atoms with Crippen LogP contribution in [0.4, 0.5) is 0 Å². The summed E-state index contributed by atoms with van der Waals surface area (Å²) in [6.07, 6.45) is 0.367. The largest absolute Gasteiger partial charge is 0.295 e. The molecule has 1 heterocycles. The molecule has 0 radical (unpaired) electrons. The van der Waals surface area contributed by atoms with E-state index in [1.807, 2.05) is 54.6 Å². The Labute approximate surface area is 122 Å². The summed E-state index contributed by atoms with van der Waals surface area (Å²) in [5, 5.41) is 1.59. The maximum atomic E-state index is 11.9. The molecule has 21 heavy (non-hydrogen) atoms. The van der Waals surface area contributed by atoms with Gasteiger partial charge in [-0.25, -0.2) is 0 Å². The lowest BCUT2D eigenvalue weighted by Crippen LogP contribution is -2.29. The van der Waals surface area contributed by atoms with Crippen molar-refractivity contribution >= 4 is 12.1 Å². The molecule has 0 N–H and O–H groups in total. The molecule has 2 aromatic rings. The Morgan fingerprint density at radius 3 is 2.62 bits per heavy atom. The molecular weight excluding hydrogens is 266 g/mol. The van der Waals surface area contributed by atoms with E-state index in [2.05, 4.69) is 0 Å². The maximum absolute atomic E-state index is 11.9. The van der Waals surface area contributed by atoms with Crippen molar-refractivity contribution in [3.05, 3.63) is 71.3 Å². The molecule has 0 amide bonds. The van der Waals surface area contributed by atoms with Crippen molar-refractivity contribution in [3.8, 4) is 0 Å². The van der Waals surface area contributed by atoms with Gasteiger partial charge in [0.25, 0.3) is 0 Å². The molecule has 1 aliphatic rings. The van der Waals surface area contributed by atoms with E-state index in [0.29, 0.717) is 19.4 Å². The first-order chi connectivity index (χ1) is 10.3. The molecule has 1 unspecified atom stereocenters. The highest BCUT2D eigenvalue weighted by Gasteiger charge is 2.35. The van der Waals surface area contributed by atoms with E-state index in [0.717, 1.165) is 16.7 Å². The molecular formula is C17H15NO3. The van der Waals surface area contributed by atoms with Crippen LogP contribution >= 0.6 is 0 Å². The third-order valence-electron chi connectivity index (χ3n) is 3.59. The van der Waals surface area contributed by atoms with E-state index in [1.165, 1.54) is 0 Å². The van der Waals surface area contributed by atoms with Crippen molar-refractivity contribution in [1.82, 2.24) is 5.06 Å². The minimum absolute atomic E-state index is 0.367. The lowest BCUT2D eigenvalue weighted by molar-refractivity contribution is -0.198. The van der Waals surface area contributed by atoms with Gasteiger partial charge in [-0.1, -0.05) is 54.6 Å². The number of hydrogen-bond acceptors (Lipinski definition) is 4. The van der Waals surface area contributed by atoms with Crippen molar-refractivity contribution in [3.63, 3.8) is 0 Å². The Kier molecular flexibility index (Phi) is 3.90. The summed E-state index contributed by atoms with van der Waals surface area (Å²) in [6, 6.07) is 16.7. The summed E-state index contributed by atoms with van der Waals surface area (Å²) < 4.78 is 0. The summed E-state index contributed by atoms with van der Waals surface area (Å²) in [6.45, 7) is 0.880. The number of carbonyl (C=O) groups excluding carboxylic acids is 2. The Morgan fingerprint density at radius 1 is 1.14 bits per heavy atom. The van der Waals surface area contributed by atoms with Crippen LogP contribution in [0.2, 0.25) is 0 Å². The van der Waals surface area contributed by atoms with Crippen molar-refractivity contribution in [2.75, 3.05) is 0 Å². The van der Waals surface area contributed by atoms with Gasteiger partial charge in [0.15, 0.2) is 6.29 Å². The zero-order valence-corrected chi connectivity index (χ0v) is 11.4. The summed E-state index contributed by atoms with van der Waals surface area (Å²) >= 11 is 0. The van der Waals surface area contributed by atoms with Gasteiger partial charge in [-0.15, -0.1) is 0 Å². The van der Waals surface area contributed by atoms with Crippen molar-refractivity contribution in [2.24, 2.45) is 0 Å². The quantitative estimate of drug-likeness (QED) is 0.624. The van der Waals surface area contributed by atoms with Gasteiger partial charge in [-0.2, -0.15) is 5.06 Å². The number of benzene rings is 2. The fourth-order valence-electron chi connectivity index (χ4n) is 2.57. The standard InChI is InChI=1S/C17H15NO3/c19-11-16(20)17-15-9-5-4-8-14(15)10-18(17)21-12-13-6-2-1-3-7-13/h1-9,11,17H,10,12H2. The van der Waals surface area contributed by atoms with Crippen LogP contribution in [0.15, 0.2) is 54.6 Å². The minimum atomic E-state index is -0.637. The predicted octanol–water partition coefficient (Wildman–Crippen LogP) is 2.44. The normalized spacial score (nSPS) is 17.4. The average molecular weight is 281 g/mol. The lowest BCUT2D eigenvalue weighted by Gasteiger charge is -2.21. The number of rotatable bonds is 5. The molecule has 3 rings (SSSR count). The molecule has 0 saturated heterocycles. The number of hydroxylamine groups is 2. The Balaban J connectivity index is 1.79. The second-order valence-corrected chi connectivity index (χ2v) is 4.96. The van der Waals surface area contributed by atoms with Gasteiger partial charge in [0, 0.05) is 0 Å². The fraction of sp³-hybridized carbons (Fsp3) is 0.176. The van der Waals surface area contributed by atoms with Crippen LogP contribution < -0.4 is 0 Å². The SMILES string of the molecule is O=CC(=O)C1c2ccccc2CN1OCc1ccccc1. The molecule has 2 aromatic carbocycles. The monoisotopic (exact) mass is 281 g/mol. The molecule has 4 nitrogen and oxygen atoms in total. The number of fused-ring (bicyclic) bond motifs is 1. The summed E-state index contributed by atoms with van der Waals surface area (Å²) in [5.74, 6) is -0.479. The molecule has 106 valence electrons. The van der Waals surface area contributed by atoms with Crippen LogP contribution in [0.3, 0.4) is 0 Å². The van der Waals surface area contributed by atoms with Gasteiger partial charge >= 0.3 is 0 Å². The highest BCUT2D eigenvalue weighted by molar-refractivity contribution is 6.27. The summed E-state index contributed by atoms with van der Waals surface area (Å²) in [7, 11) is 0. The molecule has 1 aliphatic heterocycles. The number of aldehydes is 1. The van der Waals surface area contributed by atoms with Crippen LogP contribution in [0.5, 0.6) is 0 Å². The maximum Gasteiger partial charge on any atom is 0.219 e. The van der Waals surface area contributed by atoms with Crippen molar-refractivity contribution in [1.29, 1.82) is 0 Å². The van der Waals surface area contributed by atoms with Crippen LogP contribution in [-0.2, 0) is 27.6 Å². The van der Waals surface area contributed by atoms with E-state index in [-0.39, 0.29) is 0 Å². The first-order valence-electron chi connectivity index (χ1n) is 6.80. The first-order valence-corrected chi connectivity index (χ1v) is 6.80. The Hall–Kier alpha value is -2.30. The molecule has 0 saturated carbocycles. The molecule has 0 aromatic heterocycles. The molecule has 0 bridgehead atoms. The number of nitrogens with zero attached hydrogens (tertiary/aromatic N) is 1. The number of ketones is 1. The third-order valence-corrected chi connectivity index (χ3v) is 3.59. The third kappa shape index (κ3) is 2.77. The highest BCUT2D eigenvalue weighted by Crippen LogP contribution is 2.34. The second kappa shape index (κ2) is 5.99. The van der Waals surface area contributed by atoms with Crippen LogP contribution in [0.1, 0.15) is 22.7 Å². The molecule has 0 spiro atoms. The molecule has 0 fully saturated rings. The van der Waals surface area contributed by atoms with Crippen LogP contribution in [-0.4, -0.2) is 17.1 Å². The van der Waals surface area contributed by atoms with Crippen LogP contribution in [0, 0.1) is 0 Å². The van der Waals surface area contributed by atoms with E-state index < -0.39 is 11.8 Å². The zero-order chi connectivity index (χ0) is 14.7. The van der Waals surface area contributed by atoms with Gasteiger partial charge in [0.05, 0.1) is 13.2 Å². The van der Waals surface area contributed by atoms with Gasteiger partial charge in [0.2, 0.25) is 5.78 Å². The van der Waals surface area contributed by atoms with Gasteiger partial charge < -0.3 is 0 Å². The second-order valence-electron chi connectivity index (χ2n) is 4.96. The van der Waals surface area contributed by atoms with Crippen molar-refractivity contribution < 1.29 is 14.4 Å². The minimum Gasteiger partial charge on any atom is -0.295 e. The lowest BCUT2D eigenvalue weighted by atomic mass is 10.0. The topological polar surface area (TPSA) is 46.6 Å². The summed E-state index contributed by atoms with van der Waals surface area (Å²) in [5.41, 5.74) is 2.89. The first kappa shape index (κ1) is 13.7. The average Bonchev–Trinajstić information content (AvgIpc) is 2.91. The van der Waals surface area contributed by atoms with Crippen molar-refractivity contribution in [2.45, 2.75) is 19.2 Å². The molecule has 4 heteroatoms. The number of carbonyl (C=O) groups is 2. The van der Waals surface area contributed by atoms with E-state index in [1.54, 1.807) is 5.06 Å². The smallest absolute Gasteiger partial charge is 0.219 e. The van der Waals surface area contributed by atoms with Gasteiger partial charge in [0.1, 0.15) is 6.04 Å². The van der Waals surface area contributed by atoms with E-state index >= 15 is 0 Å². The number of Topliss-reactive ketones (excluding diaryl/α,β-unsaturated/α-hetero) is 1.